The number of carbonyl (C=O) groups is 1. The van der Waals surface area contributed by atoms with Crippen LogP contribution in [0.3, 0.4) is 0 Å². The fourth-order valence-electron chi connectivity index (χ4n) is 3.68. The number of ether oxygens (including phenoxy) is 1. The van der Waals surface area contributed by atoms with Gasteiger partial charge in [0.05, 0.1) is 16.1 Å². The first-order chi connectivity index (χ1) is 16.7. The van der Waals surface area contributed by atoms with Gasteiger partial charge < -0.3 is 14.2 Å². The molecule has 0 aliphatic heterocycles. The topological polar surface area (TPSA) is 73.4 Å². The Morgan fingerprint density at radius 3 is 2.58 bits per heavy atom. The number of carbonyl (C=O) groups excluding carboxylic acids is 1. The highest BCUT2D eigenvalue weighted by Crippen LogP contribution is 2.41. The second-order valence-corrected chi connectivity index (χ2v) is 9.82. The minimum Gasteiger partial charge on any atom is -0.410 e. The summed E-state index contributed by atoms with van der Waals surface area (Å²) >= 11 is 7.39. The quantitative estimate of drug-likeness (QED) is 0.306. The number of alkyl halides is 6. The molecule has 36 heavy (non-hydrogen) atoms. The zero-order chi connectivity index (χ0) is 26.6. The van der Waals surface area contributed by atoms with Crippen LogP contribution in [-0.4, -0.2) is 56.8 Å². The average molecular weight is 557 g/mol. The first-order valence-electron chi connectivity index (χ1n) is 10.6. The molecule has 1 fully saturated rings. The van der Waals surface area contributed by atoms with Gasteiger partial charge in [-0.05, 0) is 32.8 Å². The van der Waals surface area contributed by atoms with Gasteiger partial charge in [0.25, 0.3) is 12.1 Å². The SMILES string of the molecule is CCN(C(=O)c1cc(-c2cc(-c3c(C)c(OC(F)(F)C(F)C(F)(F)F)nn3C)no2)sc1Cl)C1CC1. The van der Waals surface area contributed by atoms with Crippen LogP contribution < -0.4 is 4.74 Å². The number of rotatable bonds is 8. The zero-order valence-electron chi connectivity index (χ0n) is 19.0. The number of aryl methyl sites for hydroxylation is 1. The van der Waals surface area contributed by atoms with Crippen molar-refractivity contribution in [2.24, 2.45) is 7.05 Å². The fourth-order valence-corrected chi connectivity index (χ4v) is 4.89. The fraction of sp³-hybridized carbons (Fsp3) is 0.476. The van der Waals surface area contributed by atoms with Crippen LogP contribution in [-0.2, 0) is 7.05 Å². The van der Waals surface area contributed by atoms with E-state index in [-0.39, 0.29) is 39.0 Å². The van der Waals surface area contributed by atoms with Crippen LogP contribution in [0.15, 0.2) is 16.7 Å². The van der Waals surface area contributed by atoms with Crippen molar-refractivity contribution in [3.8, 4) is 27.9 Å². The lowest BCUT2D eigenvalue weighted by atomic mass is 10.2. The molecule has 3 aromatic heterocycles. The summed E-state index contributed by atoms with van der Waals surface area (Å²) in [5.74, 6) is -0.900. The maximum Gasteiger partial charge on any atom is 0.440 e. The van der Waals surface area contributed by atoms with Crippen LogP contribution in [0.2, 0.25) is 4.34 Å². The van der Waals surface area contributed by atoms with Crippen molar-refractivity contribution >= 4 is 28.8 Å². The lowest BCUT2D eigenvalue weighted by Gasteiger charge is -2.22. The van der Waals surface area contributed by atoms with Crippen LogP contribution in [0.25, 0.3) is 22.0 Å². The molecule has 1 aliphatic carbocycles. The Balaban J connectivity index is 1.60. The molecule has 3 heterocycles. The third-order valence-corrected chi connectivity index (χ3v) is 6.93. The number of halogens is 7. The van der Waals surface area contributed by atoms with Gasteiger partial charge in [0.15, 0.2) is 5.76 Å². The molecule has 1 atom stereocenters. The van der Waals surface area contributed by atoms with E-state index in [1.54, 1.807) is 11.0 Å². The van der Waals surface area contributed by atoms with Gasteiger partial charge in [-0.2, -0.15) is 22.0 Å². The van der Waals surface area contributed by atoms with E-state index in [0.717, 1.165) is 28.9 Å². The maximum absolute atomic E-state index is 13.7. The van der Waals surface area contributed by atoms with E-state index in [1.165, 1.54) is 20.0 Å². The molecule has 0 aromatic carbocycles. The molecule has 196 valence electrons. The zero-order valence-corrected chi connectivity index (χ0v) is 20.6. The molecule has 0 radical (unpaired) electrons. The third-order valence-electron chi connectivity index (χ3n) is 5.56. The smallest absolute Gasteiger partial charge is 0.410 e. The van der Waals surface area contributed by atoms with Gasteiger partial charge in [-0.25, -0.2) is 4.39 Å². The van der Waals surface area contributed by atoms with Crippen molar-refractivity contribution in [3.05, 3.63) is 27.6 Å². The highest BCUT2D eigenvalue weighted by atomic mass is 35.5. The minimum absolute atomic E-state index is 0.0862. The summed E-state index contributed by atoms with van der Waals surface area (Å²) < 4.78 is 88.7. The van der Waals surface area contributed by atoms with Gasteiger partial charge in [-0.1, -0.05) is 16.8 Å². The largest absolute Gasteiger partial charge is 0.440 e. The molecule has 4 rings (SSSR count). The van der Waals surface area contributed by atoms with Crippen molar-refractivity contribution in [3.63, 3.8) is 0 Å². The summed E-state index contributed by atoms with van der Waals surface area (Å²) in [5.41, 5.74) is 0.370. The number of nitrogens with zero attached hydrogens (tertiary/aromatic N) is 4. The molecule has 7 nitrogen and oxygen atoms in total. The van der Waals surface area contributed by atoms with Crippen LogP contribution >= 0.6 is 22.9 Å². The van der Waals surface area contributed by atoms with Gasteiger partial charge in [0.1, 0.15) is 10.0 Å². The summed E-state index contributed by atoms with van der Waals surface area (Å²) in [4.78, 5) is 15.1. The first kappa shape index (κ1) is 26.3. The predicted molar refractivity (Wildman–Crippen MR) is 118 cm³/mol. The molecule has 0 spiro atoms. The van der Waals surface area contributed by atoms with E-state index in [2.05, 4.69) is 15.0 Å². The normalized spacial score (nSPS) is 15.3. The summed E-state index contributed by atoms with van der Waals surface area (Å²) in [6, 6.07) is 3.18. The van der Waals surface area contributed by atoms with Crippen LogP contribution in [0, 0.1) is 6.92 Å². The van der Waals surface area contributed by atoms with Crippen LogP contribution in [0.5, 0.6) is 5.88 Å². The Bertz CT molecular complexity index is 1280. The minimum atomic E-state index is -5.83. The Kier molecular flexibility index (Phi) is 6.79. The Morgan fingerprint density at radius 2 is 2.00 bits per heavy atom. The third kappa shape index (κ3) is 4.92. The van der Waals surface area contributed by atoms with Crippen molar-refractivity contribution in [2.45, 2.75) is 51.2 Å². The number of aromatic nitrogens is 3. The molecule has 15 heteroatoms. The maximum atomic E-state index is 13.7. The van der Waals surface area contributed by atoms with Crippen LogP contribution in [0.4, 0.5) is 26.3 Å². The summed E-state index contributed by atoms with van der Waals surface area (Å²) in [7, 11) is 1.31. The van der Waals surface area contributed by atoms with Crippen molar-refractivity contribution in [1.29, 1.82) is 0 Å². The molecule has 0 bridgehead atoms. The number of amides is 1. The van der Waals surface area contributed by atoms with Gasteiger partial charge in [-0.15, -0.1) is 16.4 Å². The summed E-state index contributed by atoms with van der Waals surface area (Å²) in [5, 5.41) is 7.52. The lowest BCUT2D eigenvalue weighted by molar-refractivity contribution is -0.305. The Labute approximate surface area is 209 Å². The second kappa shape index (κ2) is 9.29. The second-order valence-electron chi connectivity index (χ2n) is 8.17. The van der Waals surface area contributed by atoms with E-state index in [4.69, 9.17) is 16.1 Å². The Hall–Kier alpha value is -2.74. The van der Waals surface area contributed by atoms with Gasteiger partial charge in [0.2, 0.25) is 5.88 Å². The van der Waals surface area contributed by atoms with Gasteiger partial charge in [0, 0.05) is 31.3 Å². The number of hydrogen-bond acceptors (Lipinski definition) is 6. The molecule has 1 unspecified atom stereocenters. The highest BCUT2D eigenvalue weighted by molar-refractivity contribution is 7.19. The van der Waals surface area contributed by atoms with E-state index in [0.29, 0.717) is 17.0 Å². The molecule has 1 aliphatic rings. The van der Waals surface area contributed by atoms with Crippen LogP contribution in [0.1, 0.15) is 35.7 Å². The molecule has 1 saturated carbocycles. The monoisotopic (exact) mass is 556 g/mol. The standard InChI is InChI=1S/C21H19ClF6N4O3S/c1-4-32(10-5-6-10)18(33)11-7-14(36-16(11)22)13-8-12(30-35-13)15-9(2)17(29-31(15)3)34-21(27,28)19(23)20(24,25)26/h7-8,10,19H,4-6H2,1-3H3. The van der Waals surface area contributed by atoms with E-state index in [9.17, 15) is 31.1 Å². The van der Waals surface area contributed by atoms with Crippen molar-refractivity contribution < 1.29 is 40.4 Å². The number of hydrogen-bond donors (Lipinski definition) is 0. The summed E-state index contributed by atoms with van der Waals surface area (Å²) in [6.45, 7) is 3.66. The molecule has 0 saturated heterocycles. The van der Waals surface area contributed by atoms with E-state index in [1.807, 2.05) is 6.92 Å². The highest BCUT2D eigenvalue weighted by Gasteiger charge is 2.59. The molecule has 1 amide bonds. The van der Waals surface area contributed by atoms with Crippen molar-refractivity contribution in [2.75, 3.05) is 6.54 Å². The van der Waals surface area contributed by atoms with Gasteiger partial charge >= 0.3 is 12.3 Å². The molecule has 0 N–H and O–H groups in total. The average Bonchev–Trinajstić information content (AvgIpc) is 3.25. The molecular weight excluding hydrogens is 538 g/mol. The molecule has 3 aromatic rings. The lowest BCUT2D eigenvalue weighted by Crippen LogP contribution is -2.45. The van der Waals surface area contributed by atoms with E-state index >= 15 is 0 Å². The summed E-state index contributed by atoms with van der Waals surface area (Å²) in [6.07, 6.45) is -13.7. The van der Waals surface area contributed by atoms with Crippen molar-refractivity contribution in [1.82, 2.24) is 19.8 Å². The number of thiophene rings is 1. The van der Waals surface area contributed by atoms with E-state index < -0.39 is 24.3 Å². The molecular formula is C21H19ClF6N4O3S. The Morgan fingerprint density at radius 1 is 1.33 bits per heavy atom. The first-order valence-corrected chi connectivity index (χ1v) is 11.8. The van der Waals surface area contributed by atoms with Gasteiger partial charge in [-0.3, -0.25) is 9.48 Å². The predicted octanol–water partition coefficient (Wildman–Crippen LogP) is 6.26.